The molecule has 0 amide bonds. The van der Waals surface area contributed by atoms with E-state index in [0.29, 0.717) is 0 Å². The van der Waals surface area contributed by atoms with Crippen molar-refractivity contribution < 1.29 is 4.43 Å². The van der Waals surface area contributed by atoms with Gasteiger partial charge in [-0.15, -0.1) is 11.3 Å². The molecule has 0 radical (unpaired) electrons. The Morgan fingerprint density at radius 3 is 2.65 bits per heavy atom. The molecule has 20 heavy (non-hydrogen) atoms. The number of thiophene rings is 1. The molecule has 2 aromatic rings. The van der Waals surface area contributed by atoms with Crippen LogP contribution in [0.4, 0.5) is 0 Å². The number of para-hydroxylation sites is 1. The zero-order valence-corrected chi connectivity index (χ0v) is 14.1. The summed E-state index contributed by atoms with van der Waals surface area (Å²) in [6.45, 7) is 6.28. The quantitative estimate of drug-likeness (QED) is 0.845. The molecule has 2 nitrogen and oxygen atoms in total. The molecule has 0 spiro atoms. The van der Waals surface area contributed by atoms with Crippen LogP contribution in [0.15, 0.2) is 42.1 Å². The molecule has 0 saturated carbocycles. The van der Waals surface area contributed by atoms with Gasteiger partial charge in [-0.3, -0.25) is 0 Å². The second-order valence-corrected chi connectivity index (χ2v) is 8.31. The highest BCUT2D eigenvalue weighted by Crippen LogP contribution is 2.24. The van der Waals surface area contributed by atoms with Crippen LogP contribution in [0.25, 0.3) is 6.08 Å². The first-order chi connectivity index (χ1) is 9.56. The molecule has 0 fully saturated rings. The highest BCUT2D eigenvalue weighted by atomic mass is 32.1. The van der Waals surface area contributed by atoms with E-state index in [4.69, 9.17) is 10.2 Å². The predicted octanol–water partition coefficient (Wildman–Crippen LogP) is 4.06. The number of hydrogen-bond acceptors (Lipinski definition) is 3. The number of aryl methyl sites for hydroxylation is 1. The summed E-state index contributed by atoms with van der Waals surface area (Å²) in [4.78, 5) is 2.62. The maximum absolute atomic E-state index is 6.11. The fourth-order valence-electron chi connectivity index (χ4n) is 1.98. The highest BCUT2D eigenvalue weighted by molar-refractivity contribution is 7.12. The topological polar surface area (TPSA) is 35.2 Å². The van der Waals surface area contributed by atoms with Crippen molar-refractivity contribution in [2.24, 2.45) is 5.73 Å². The SMILES string of the molecule is Cc1ccc(/C=C/[SiH](C)Oc2ccccc2C(C)N)s1. The number of hydrogen-bond donors (Lipinski definition) is 1. The zero-order valence-electron chi connectivity index (χ0n) is 12.2. The van der Waals surface area contributed by atoms with Crippen LogP contribution in [0.5, 0.6) is 5.75 Å². The Bertz CT molecular complexity index is 592. The Morgan fingerprint density at radius 2 is 2.00 bits per heavy atom. The molecule has 0 aliphatic rings. The second-order valence-electron chi connectivity index (χ2n) is 4.96. The van der Waals surface area contributed by atoms with Crippen LogP contribution in [-0.2, 0) is 0 Å². The number of rotatable bonds is 5. The lowest BCUT2D eigenvalue weighted by molar-refractivity contribution is 0.567. The fraction of sp³-hybridized carbons (Fsp3) is 0.250. The summed E-state index contributed by atoms with van der Waals surface area (Å²) in [6.07, 6.45) is 2.17. The Morgan fingerprint density at radius 1 is 1.25 bits per heavy atom. The third kappa shape index (κ3) is 4.06. The average Bonchev–Trinajstić information content (AvgIpc) is 2.83. The van der Waals surface area contributed by atoms with Gasteiger partial charge in [0.25, 0.3) is 9.04 Å². The van der Waals surface area contributed by atoms with Crippen molar-refractivity contribution in [2.45, 2.75) is 26.4 Å². The van der Waals surface area contributed by atoms with Crippen LogP contribution in [0, 0.1) is 6.92 Å². The summed E-state index contributed by atoms with van der Waals surface area (Å²) < 4.78 is 6.11. The standard InChI is InChI=1S/C16H21NOSSi/c1-12-8-9-14(19-12)10-11-20(3)18-16-7-5-4-6-15(16)13(2)17/h4-11,13,20H,17H2,1-3H3/b11-10+. The van der Waals surface area contributed by atoms with Crippen molar-refractivity contribution in [3.8, 4) is 5.75 Å². The Labute approximate surface area is 126 Å². The number of nitrogens with two attached hydrogens (primary N) is 1. The molecule has 2 N–H and O–H groups in total. The molecule has 2 unspecified atom stereocenters. The van der Waals surface area contributed by atoms with Gasteiger partial charge in [-0.1, -0.05) is 23.9 Å². The molecule has 0 aliphatic carbocycles. The lowest BCUT2D eigenvalue weighted by atomic mass is 10.1. The van der Waals surface area contributed by atoms with E-state index in [1.165, 1.54) is 9.75 Å². The third-order valence-electron chi connectivity index (χ3n) is 3.02. The van der Waals surface area contributed by atoms with E-state index in [9.17, 15) is 0 Å². The van der Waals surface area contributed by atoms with Gasteiger partial charge in [-0.05, 0) is 44.7 Å². The first kappa shape index (κ1) is 15.0. The van der Waals surface area contributed by atoms with E-state index in [0.717, 1.165) is 11.3 Å². The van der Waals surface area contributed by atoms with Crippen molar-refractivity contribution in [3.05, 3.63) is 57.4 Å². The Kier molecular flexibility index (Phi) is 5.17. The van der Waals surface area contributed by atoms with Crippen LogP contribution in [0.1, 0.15) is 28.3 Å². The first-order valence-electron chi connectivity index (χ1n) is 6.82. The van der Waals surface area contributed by atoms with Gasteiger partial charge >= 0.3 is 0 Å². The van der Waals surface area contributed by atoms with Gasteiger partial charge in [-0.2, -0.15) is 0 Å². The van der Waals surface area contributed by atoms with Gasteiger partial charge in [0.05, 0.1) is 0 Å². The van der Waals surface area contributed by atoms with Gasteiger partial charge in [0.1, 0.15) is 5.75 Å². The molecule has 1 aromatic heterocycles. The maximum atomic E-state index is 6.11. The van der Waals surface area contributed by atoms with Crippen molar-refractivity contribution in [1.82, 2.24) is 0 Å². The maximum Gasteiger partial charge on any atom is 0.257 e. The zero-order chi connectivity index (χ0) is 14.5. The summed E-state index contributed by atoms with van der Waals surface area (Å²) in [5, 5.41) is 0. The Hall–Kier alpha value is -1.36. The minimum Gasteiger partial charge on any atom is -0.543 e. The monoisotopic (exact) mass is 303 g/mol. The molecule has 0 bridgehead atoms. The van der Waals surface area contributed by atoms with Crippen molar-refractivity contribution in [1.29, 1.82) is 0 Å². The van der Waals surface area contributed by atoms with Crippen LogP contribution in [0.2, 0.25) is 6.55 Å². The largest absolute Gasteiger partial charge is 0.543 e. The minimum absolute atomic E-state index is 0.00340. The molecule has 2 rings (SSSR count). The van der Waals surface area contributed by atoms with E-state index in [-0.39, 0.29) is 6.04 Å². The minimum atomic E-state index is -1.39. The van der Waals surface area contributed by atoms with Gasteiger partial charge < -0.3 is 10.2 Å². The van der Waals surface area contributed by atoms with E-state index < -0.39 is 9.04 Å². The van der Waals surface area contributed by atoms with E-state index >= 15 is 0 Å². The molecule has 0 aliphatic heterocycles. The van der Waals surface area contributed by atoms with Crippen LogP contribution < -0.4 is 10.2 Å². The molecular formula is C16H21NOSSi. The van der Waals surface area contributed by atoms with Crippen LogP contribution in [0.3, 0.4) is 0 Å². The van der Waals surface area contributed by atoms with Crippen molar-refractivity contribution in [3.63, 3.8) is 0 Å². The molecule has 2 atom stereocenters. The van der Waals surface area contributed by atoms with Crippen LogP contribution >= 0.6 is 11.3 Å². The summed E-state index contributed by atoms with van der Waals surface area (Å²) in [5.74, 6) is 0.925. The molecule has 4 heteroatoms. The molecule has 1 heterocycles. The van der Waals surface area contributed by atoms with Gasteiger partial charge in [-0.25, -0.2) is 0 Å². The summed E-state index contributed by atoms with van der Waals surface area (Å²) in [5.41, 5.74) is 9.26. The van der Waals surface area contributed by atoms with Gasteiger partial charge in [0.15, 0.2) is 0 Å². The molecular weight excluding hydrogens is 282 g/mol. The third-order valence-corrected chi connectivity index (χ3v) is 5.34. The van der Waals surface area contributed by atoms with E-state index in [1.54, 1.807) is 11.3 Å². The predicted molar refractivity (Wildman–Crippen MR) is 90.8 cm³/mol. The second kappa shape index (κ2) is 6.88. The van der Waals surface area contributed by atoms with Crippen molar-refractivity contribution in [2.75, 3.05) is 0 Å². The summed E-state index contributed by atoms with van der Waals surface area (Å²) >= 11 is 1.80. The fourth-order valence-corrected chi connectivity index (χ4v) is 4.08. The highest BCUT2D eigenvalue weighted by Gasteiger charge is 2.09. The summed E-state index contributed by atoms with van der Waals surface area (Å²) in [6, 6.07) is 12.3. The molecule has 1 aromatic carbocycles. The van der Waals surface area contributed by atoms with E-state index in [1.807, 2.05) is 31.2 Å². The van der Waals surface area contributed by atoms with E-state index in [2.05, 4.69) is 37.4 Å². The lowest BCUT2D eigenvalue weighted by Crippen LogP contribution is -2.17. The normalized spacial score (nSPS) is 14.4. The number of benzene rings is 1. The van der Waals surface area contributed by atoms with Gasteiger partial charge in [0, 0.05) is 21.4 Å². The van der Waals surface area contributed by atoms with Gasteiger partial charge in [0.2, 0.25) is 0 Å². The average molecular weight is 304 g/mol. The molecule has 0 saturated heterocycles. The van der Waals surface area contributed by atoms with Crippen LogP contribution in [-0.4, -0.2) is 9.04 Å². The Balaban J connectivity index is 2.04. The first-order valence-corrected chi connectivity index (χ1v) is 9.93. The summed E-state index contributed by atoms with van der Waals surface area (Å²) in [7, 11) is -1.39. The molecule has 106 valence electrons. The van der Waals surface area contributed by atoms with Crippen molar-refractivity contribution >= 4 is 26.5 Å². The smallest absolute Gasteiger partial charge is 0.257 e. The lowest BCUT2D eigenvalue weighted by Gasteiger charge is -2.16.